The van der Waals surface area contributed by atoms with Crippen molar-refractivity contribution >= 4 is 5.97 Å². The monoisotopic (exact) mass is 338 g/mol. The fraction of sp³-hybridized carbons (Fsp3) is 0.952. The number of fused-ring (bicyclic) bond motifs is 1. The fourth-order valence-corrected chi connectivity index (χ4v) is 6.19. The number of carbonyl (C=O) groups is 1. The summed E-state index contributed by atoms with van der Waals surface area (Å²) in [5.74, 6) is 1.21. The Balaban J connectivity index is 2.13. The van der Waals surface area contributed by atoms with Crippen LogP contribution in [-0.2, 0) is 9.53 Å². The van der Waals surface area contributed by atoms with Crippen LogP contribution in [-0.4, -0.2) is 23.8 Å². The highest BCUT2D eigenvalue weighted by atomic mass is 16.5. The first kappa shape index (κ1) is 19.8. The first-order chi connectivity index (χ1) is 11.0. The van der Waals surface area contributed by atoms with Crippen molar-refractivity contribution in [3.8, 4) is 0 Å². The van der Waals surface area contributed by atoms with Crippen LogP contribution in [0.15, 0.2) is 0 Å². The summed E-state index contributed by atoms with van der Waals surface area (Å²) in [6.07, 6.45) is 8.33. The molecule has 0 amide bonds. The molecule has 2 rings (SSSR count). The number of rotatable bonds is 5. The third-order valence-corrected chi connectivity index (χ3v) is 7.45. The maximum absolute atomic E-state index is 11.5. The van der Waals surface area contributed by atoms with Crippen molar-refractivity contribution in [3.05, 3.63) is 0 Å². The minimum atomic E-state index is -0.580. The Morgan fingerprint density at radius 2 is 1.88 bits per heavy atom. The van der Waals surface area contributed by atoms with E-state index in [2.05, 4.69) is 27.7 Å². The van der Waals surface area contributed by atoms with Gasteiger partial charge in [-0.1, -0.05) is 34.1 Å². The lowest BCUT2D eigenvalue weighted by Gasteiger charge is -2.61. The minimum Gasteiger partial charge on any atom is -0.469 e. The van der Waals surface area contributed by atoms with E-state index in [0.29, 0.717) is 29.6 Å². The molecule has 3 nitrogen and oxygen atoms in total. The van der Waals surface area contributed by atoms with Crippen molar-refractivity contribution < 1.29 is 14.6 Å². The van der Waals surface area contributed by atoms with Crippen molar-refractivity contribution in [2.75, 3.05) is 7.11 Å². The van der Waals surface area contributed by atoms with E-state index in [1.54, 1.807) is 0 Å². The van der Waals surface area contributed by atoms with E-state index in [-0.39, 0.29) is 11.4 Å². The van der Waals surface area contributed by atoms with Crippen molar-refractivity contribution in [3.63, 3.8) is 0 Å². The van der Waals surface area contributed by atoms with Crippen LogP contribution in [0.4, 0.5) is 0 Å². The highest BCUT2D eigenvalue weighted by Crippen LogP contribution is 2.63. The zero-order valence-electron chi connectivity index (χ0n) is 16.7. The van der Waals surface area contributed by atoms with Crippen LogP contribution >= 0.6 is 0 Å². The molecular weight excluding hydrogens is 300 g/mol. The smallest absolute Gasteiger partial charge is 0.305 e. The molecule has 0 aromatic heterocycles. The normalized spacial score (nSPS) is 39.8. The Morgan fingerprint density at radius 1 is 1.21 bits per heavy atom. The van der Waals surface area contributed by atoms with Gasteiger partial charge < -0.3 is 9.84 Å². The first-order valence-electron chi connectivity index (χ1n) is 9.82. The Bertz CT molecular complexity index is 454. The number of esters is 1. The van der Waals surface area contributed by atoms with Gasteiger partial charge in [0.15, 0.2) is 0 Å². The molecule has 5 atom stereocenters. The van der Waals surface area contributed by atoms with Gasteiger partial charge in [-0.2, -0.15) is 0 Å². The molecule has 1 N–H and O–H groups in total. The average molecular weight is 339 g/mol. The largest absolute Gasteiger partial charge is 0.469 e. The number of carbonyl (C=O) groups excluding carboxylic acids is 1. The molecular formula is C21H38O3. The Labute approximate surface area is 148 Å². The van der Waals surface area contributed by atoms with E-state index >= 15 is 0 Å². The second-order valence-electron chi connectivity index (χ2n) is 9.81. The van der Waals surface area contributed by atoms with E-state index in [1.807, 2.05) is 6.92 Å². The molecule has 140 valence electrons. The summed E-state index contributed by atoms with van der Waals surface area (Å²) in [7, 11) is 1.46. The molecule has 0 unspecified atom stereocenters. The van der Waals surface area contributed by atoms with E-state index in [0.717, 1.165) is 25.7 Å². The van der Waals surface area contributed by atoms with Crippen molar-refractivity contribution in [2.24, 2.45) is 28.6 Å². The van der Waals surface area contributed by atoms with Crippen molar-refractivity contribution in [2.45, 2.75) is 91.6 Å². The van der Waals surface area contributed by atoms with E-state index in [1.165, 1.54) is 26.4 Å². The maximum atomic E-state index is 11.5. The SMILES string of the molecule is COC(=O)C[C@@H](C)CC[C@H]1[C@]2(C)CCCC(C)(C)[C@H]2CC[C@@]1(C)O. The molecule has 0 radical (unpaired) electrons. The third kappa shape index (κ3) is 3.81. The summed E-state index contributed by atoms with van der Waals surface area (Å²) in [4.78, 5) is 11.5. The standard InChI is InChI=1S/C21H38O3/c1-15(14-18(22)24-6)8-9-17-20(4)12-7-11-19(2,3)16(20)10-13-21(17,5)23/h15-17,23H,7-14H2,1-6H3/t15-,16+,17-,20+,21+/m0/s1. The van der Waals surface area contributed by atoms with Crippen molar-refractivity contribution in [1.29, 1.82) is 0 Å². The molecule has 0 aromatic rings. The fourth-order valence-electron chi connectivity index (χ4n) is 6.19. The zero-order valence-corrected chi connectivity index (χ0v) is 16.7. The summed E-state index contributed by atoms with van der Waals surface area (Å²) in [6.45, 7) is 11.4. The Morgan fingerprint density at radius 3 is 2.50 bits per heavy atom. The molecule has 0 aliphatic heterocycles. The van der Waals surface area contributed by atoms with Gasteiger partial charge in [-0.15, -0.1) is 0 Å². The summed E-state index contributed by atoms with van der Waals surface area (Å²) in [6, 6.07) is 0. The summed E-state index contributed by atoms with van der Waals surface area (Å²) in [5.41, 5.74) is 0.0114. The predicted molar refractivity (Wildman–Crippen MR) is 97.6 cm³/mol. The van der Waals surface area contributed by atoms with Gasteiger partial charge in [0.2, 0.25) is 0 Å². The lowest BCUT2D eigenvalue weighted by Crippen LogP contribution is -2.57. The lowest BCUT2D eigenvalue weighted by molar-refractivity contribution is -0.170. The molecule has 2 fully saturated rings. The van der Waals surface area contributed by atoms with Crippen LogP contribution < -0.4 is 0 Å². The van der Waals surface area contributed by atoms with Gasteiger partial charge >= 0.3 is 5.97 Å². The van der Waals surface area contributed by atoms with Gasteiger partial charge in [0.1, 0.15) is 0 Å². The van der Waals surface area contributed by atoms with Crippen LogP contribution in [0, 0.1) is 28.6 Å². The summed E-state index contributed by atoms with van der Waals surface area (Å²) < 4.78 is 4.80. The van der Waals surface area contributed by atoms with Gasteiger partial charge in [-0.25, -0.2) is 0 Å². The minimum absolute atomic E-state index is 0.124. The molecule has 2 aliphatic rings. The van der Waals surface area contributed by atoms with Gasteiger partial charge in [-0.3, -0.25) is 4.79 Å². The number of hydrogen-bond donors (Lipinski definition) is 1. The van der Waals surface area contributed by atoms with Crippen LogP contribution in [0.3, 0.4) is 0 Å². The van der Waals surface area contributed by atoms with Crippen molar-refractivity contribution in [1.82, 2.24) is 0 Å². The number of hydrogen-bond acceptors (Lipinski definition) is 3. The topological polar surface area (TPSA) is 46.5 Å². The molecule has 0 spiro atoms. The molecule has 24 heavy (non-hydrogen) atoms. The lowest BCUT2D eigenvalue weighted by atomic mass is 9.45. The molecule has 0 bridgehead atoms. The van der Waals surface area contributed by atoms with E-state index in [9.17, 15) is 9.90 Å². The number of methoxy groups -OCH3 is 1. The van der Waals surface area contributed by atoms with E-state index in [4.69, 9.17) is 4.74 Å². The first-order valence-corrected chi connectivity index (χ1v) is 9.82. The van der Waals surface area contributed by atoms with E-state index < -0.39 is 5.60 Å². The quantitative estimate of drug-likeness (QED) is 0.721. The molecule has 2 aliphatic carbocycles. The second-order valence-corrected chi connectivity index (χ2v) is 9.81. The Hall–Kier alpha value is -0.570. The second kappa shape index (κ2) is 6.97. The predicted octanol–water partition coefficient (Wildman–Crippen LogP) is 4.96. The van der Waals surface area contributed by atoms with Crippen LogP contribution in [0.2, 0.25) is 0 Å². The summed E-state index contributed by atoms with van der Waals surface area (Å²) >= 11 is 0. The molecule has 0 heterocycles. The van der Waals surface area contributed by atoms with Crippen LogP contribution in [0.1, 0.15) is 86.0 Å². The number of aliphatic hydroxyl groups is 1. The maximum Gasteiger partial charge on any atom is 0.305 e. The molecule has 0 saturated heterocycles. The zero-order chi connectivity index (χ0) is 18.2. The summed E-state index contributed by atoms with van der Waals surface area (Å²) in [5, 5.41) is 11.2. The Kier molecular flexibility index (Phi) is 5.74. The molecule has 2 saturated carbocycles. The van der Waals surface area contributed by atoms with Gasteiger partial charge in [-0.05, 0) is 74.0 Å². The third-order valence-electron chi connectivity index (χ3n) is 7.45. The molecule has 0 aromatic carbocycles. The molecule has 3 heteroatoms. The highest BCUT2D eigenvalue weighted by molar-refractivity contribution is 5.69. The average Bonchev–Trinajstić information content (AvgIpc) is 2.44. The number of ether oxygens (including phenoxy) is 1. The van der Waals surface area contributed by atoms with Gasteiger partial charge in [0.25, 0.3) is 0 Å². The van der Waals surface area contributed by atoms with Gasteiger partial charge in [0.05, 0.1) is 12.7 Å². The van der Waals surface area contributed by atoms with Crippen LogP contribution in [0.5, 0.6) is 0 Å². The van der Waals surface area contributed by atoms with Crippen LogP contribution in [0.25, 0.3) is 0 Å². The van der Waals surface area contributed by atoms with Gasteiger partial charge in [0, 0.05) is 6.42 Å². The highest BCUT2D eigenvalue weighted by Gasteiger charge is 2.57.